The second kappa shape index (κ2) is 5.48. The number of nitrogens with zero attached hydrogens (tertiary/aromatic N) is 1. The van der Waals surface area contributed by atoms with E-state index in [2.05, 4.69) is 0 Å². The number of aldehydes is 1. The number of ether oxygens (including phenoxy) is 1. The van der Waals surface area contributed by atoms with Gasteiger partial charge in [0, 0.05) is 12.1 Å². The average Bonchev–Trinajstić information content (AvgIpc) is 2.29. The van der Waals surface area contributed by atoms with Gasteiger partial charge in [-0.15, -0.1) is 0 Å². The molecule has 0 fully saturated rings. The van der Waals surface area contributed by atoms with Gasteiger partial charge < -0.3 is 4.74 Å². The van der Waals surface area contributed by atoms with Gasteiger partial charge in [-0.1, -0.05) is 11.6 Å². The fourth-order valence-electron chi connectivity index (χ4n) is 0.962. The largest absolute Gasteiger partial charge is 0.444 e. The number of non-ortho nitro benzene ring substituents is 1. The van der Waals surface area contributed by atoms with Crippen molar-refractivity contribution in [3.8, 4) is 5.75 Å². The summed E-state index contributed by atoms with van der Waals surface area (Å²) in [5.74, 6) is 0.0995. The van der Waals surface area contributed by atoms with Crippen LogP contribution in [0.15, 0.2) is 29.0 Å². The SMILES string of the molecule is O=Cc1cc([N+](=O)[O-])ccc1O/C(Cl)=C\Cl. The van der Waals surface area contributed by atoms with Gasteiger partial charge in [0.25, 0.3) is 5.69 Å². The maximum absolute atomic E-state index is 10.7. The van der Waals surface area contributed by atoms with E-state index in [1.54, 1.807) is 0 Å². The Hall–Kier alpha value is -1.59. The van der Waals surface area contributed by atoms with Crippen molar-refractivity contribution in [1.82, 2.24) is 0 Å². The molecule has 0 unspecified atom stereocenters. The molecule has 84 valence electrons. The molecule has 1 aromatic rings. The molecule has 0 aliphatic heterocycles. The summed E-state index contributed by atoms with van der Waals surface area (Å²) in [4.78, 5) is 20.5. The molecule has 0 heterocycles. The van der Waals surface area contributed by atoms with Crippen molar-refractivity contribution in [3.05, 3.63) is 44.6 Å². The third kappa shape index (κ3) is 2.95. The molecule has 0 bridgehead atoms. The molecule has 7 heteroatoms. The van der Waals surface area contributed by atoms with Gasteiger partial charge in [-0.25, -0.2) is 0 Å². The Kier molecular flexibility index (Phi) is 4.28. The Morgan fingerprint density at radius 3 is 2.69 bits per heavy atom. The number of nitro benzene ring substituents is 1. The first kappa shape index (κ1) is 12.5. The van der Waals surface area contributed by atoms with Crippen molar-refractivity contribution in [2.75, 3.05) is 0 Å². The van der Waals surface area contributed by atoms with Crippen molar-refractivity contribution in [1.29, 1.82) is 0 Å². The smallest absolute Gasteiger partial charge is 0.270 e. The lowest BCUT2D eigenvalue weighted by Gasteiger charge is -2.05. The Labute approximate surface area is 100 Å². The van der Waals surface area contributed by atoms with Crippen molar-refractivity contribution in [3.63, 3.8) is 0 Å². The lowest BCUT2D eigenvalue weighted by Crippen LogP contribution is -1.95. The first-order valence-electron chi connectivity index (χ1n) is 3.96. The van der Waals surface area contributed by atoms with Crippen molar-refractivity contribution in [2.45, 2.75) is 0 Å². The topological polar surface area (TPSA) is 69.4 Å². The van der Waals surface area contributed by atoms with E-state index in [0.29, 0.717) is 6.29 Å². The minimum Gasteiger partial charge on any atom is -0.444 e. The highest BCUT2D eigenvalue weighted by Gasteiger charge is 2.11. The van der Waals surface area contributed by atoms with Crippen LogP contribution in [-0.4, -0.2) is 11.2 Å². The van der Waals surface area contributed by atoms with Crippen LogP contribution in [0.3, 0.4) is 0 Å². The minimum atomic E-state index is -0.615. The molecule has 0 spiro atoms. The van der Waals surface area contributed by atoms with Crippen LogP contribution < -0.4 is 4.74 Å². The van der Waals surface area contributed by atoms with Gasteiger partial charge >= 0.3 is 0 Å². The molecule has 16 heavy (non-hydrogen) atoms. The first-order valence-corrected chi connectivity index (χ1v) is 4.77. The van der Waals surface area contributed by atoms with E-state index in [-0.39, 0.29) is 22.2 Å². The fraction of sp³-hybridized carbons (Fsp3) is 0. The van der Waals surface area contributed by atoms with Gasteiger partial charge in [-0.2, -0.15) is 0 Å². The summed E-state index contributed by atoms with van der Waals surface area (Å²) in [5, 5.41) is 10.3. The van der Waals surface area contributed by atoms with Gasteiger partial charge in [-0.3, -0.25) is 14.9 Å². The monoisotopic (exact) mass is 261 g/mol. The number of nitro groups is 1. The third-order valence-electron chi connectivity index (χ3n) is 1.62. The first-order chi connectivity index (χ1) is 7.58. The number of benzene rings is 1. The quantitative estimate of drug-likeness (QED) is 0.362. The lowest BCUT2D eigenvalue weighted by atomic mass is 10.2. The molecule has 1 aromatic carbocycles. The second-order valence-corrected chi connectivity index (χ2v) is 3.20. The lowest BCUT2D eigenvalue weighted by molar-refractivity contribution is -0.384. The molecule has 0 aromatic heterocycles. The summed E-state index contributed by atoms with van der Waals surface area (Å²) >= 11 is 10.8. The van der Waals surface area contributed by atoms with Gasteiger partial charge in [0.05, 0.1) is 16.0 Å². The average molecular weight is 262 g/mol. The molecule has 0 aliphatic rings. The number of hydrogen-bond acceptors (Lipinski definition) is 4. The fourth-order valence-corrected chi connectivity index (χ4v) is 1.09. The summed E-state index contributed by atoms with van der Waals surface area (Å²) in [6, 6.07) is 3.55. The highest BCUT2D eigenvalue weighted by atomic mass is 35.5. The molecule has 0 atom stereocenters. The van der Waals surface area contributed by atoms with Gasteiger partial charge in [-0.05, 0) is 17.7 Å². The molecule has 1 rings (SSSR count). The van der Waals surface area contributed by atoms with Crippen LogP contribution in [0.2, 0.25) is 0 Å². The molecule has 0 radical (unpaired) electrons. The Morgan fingerprint density at radius 1 is 1.50 bits per heavy atom. The van der Waals surface area contributed by atoms with E-state index < -0.39 is 4.92 Å². The predicted octanol–water partition coefficient (Wildman–Crippen LogP) is 3.06. The maximum Gasteiger partial charge on any atom is 0.270 e. The van der Waals surface area contributed by atoms with Crippen LogP contribution >= 0.6 is 23.2 Å². The summed E-state index contributed by atoms with van der Waals surface area (Å²) in [6.07, 6.45) is 0.431. The van der Waals surface area contributed by atoms with E-state index in [1.165, 1.54) is 12.1 Å². The normalized spacial score (nSPS) is 11.0. The maximum atomic E-state index is 10.7. The van der Waals surface area contributed by atoms with Crippen LogP contribution in [-0.2, 0) is 0 Å². The van der Waals surface area contributed by atoms with E-state index in [1.807, 2.05) is 0 Å². The summed E-state index contributed by atoms with van der Waals surface area (Å²) in [5.41, 5.74) is 0.781. The number of carbonyl (C=O) groups excluding carboxylic acids is 1. The Balaban J connectivity index is 3.11. The number of halogens is 2. The van der Waals surface area contributed by atoms with Crippen LogP contribution in [0, 0.1) is 10.1 Å². The zero-order valence-electron chi connectivity index (χ0n) is 7.72. The molecular weight excluding hydrogens is 257 g/mol. The molecule has 0 saturated carbocycles. The molecule has 0 saturated heterocycles. The third-order valence-corrected chi connectivity index (χ3v) is 2.12. The van der Waals surface area contributed by atoms with Gasteiger partial charge in [0.2, 0.25) is 5.22 Å². The van der Waals surface area contributed by atoms with Crippen LogP contribution in [0.1, 0.15) is 10.4 Å². The van der Waals surface area contributed by atoms with Gasteiger partial charge in [0.15, 0.2) is 6.29 Å². The minimum absolute atomic E-state index is 0.0193. The summed E-state index contributed by atoms with van der Waals surface area (Å²) in [6.45, 7) is 0. The van der Waals surface area contributed by atoms with Crippen LogP contribution in [0.5, 0.6) is 5.75 Å². The predicted molar refractivity (Wildman–Crippen MR) is 58.9 cm³/mol. The van der Waals surface area contributed by atoms with Crippen molar-refractivity contribution >= 4 is 35.2 Å². The van der Waals surface area contributed by atoms with E-state index >= 15 is 0 Å². The molecule has 5 nitrogen and oxygen atoms in total. The summed E-state index contributed by atoms with van der Waals surface area (Å²) in [7, 11) is 0. The Morgan fingerprint density at radius 2 is 2.19 bits per heavy atom. The zero-order chi connectivity index (χ0) is 12.1. The highest BCUT2D eigenvalue weighted by molar-refractivity contribution is 6.35. The van der Waals surface area contributed by atoms with Gasteiger partial charge in [0.1, 0.15) is 5.75 Å². The summed E-state index contributed by atoms with van der Waals surface area (Å²) < 4.78 is 4.96. The zero-order valence-corrected chi connectivity index (χ0v) is 9.23. The van der Waals surface area contributed by atoms with Crippen molar-refractivity contribution < 1.29 is 14.5 Å². The number of carbonyl (C=O) groups is 1. The Bertz CT molecular complexity index is 459. The van der Waals surface area contributed by atoms with E-state index in [4.69, 9.17) is 27.9 Å². The van der Waals surface area contributed by atoms with Crippen LogP contribution in [0.25, 0.3) is 0 Å². The van der Waals surface area contributed by atoms with E-state index in [9.17, 15) is 14.9 Å². The number of hydrogen-bond donors (Lipinski definition) is 0. The second-order valence-electron chi connectivity index (χ2n) is 2.61. The molecule has 0 N–H and O–H groups in total. The van der Waals surface area contributed by atoms with Crippen LogP contribution in [0.4, 0.5) is 5.69 Å². The number of rotatable bonds is 4. The molecule has 0 amide bonds. The standard InChI is InChI=1S/C9H5Cl2NO4/c10-4-9(11)16-8-2-1-7(12(14)15)3-6(8)5-13/h1-5H/b9-4-. The highest BCUT2D eigenvalue weighted by Crippen LogP contribution is 2.25. The molecule has 0 aliphatic carbocycles. The molecular formula is C9H5Cl2NO4. The van der Waals surface area contributed by atoms with Crippen molar-refractivity contribution in [2.24, 2.45) is 0 Å². The van der Waals surface area contributed by atoms with E-state index in [0.717, 1.165) is 11.6 Å².